The summed E-state index contributed by atoms with van der Waals surface area (Å²) in [4.78, 5) is 17.3. The van der Waals surface area contributed by atoms with Crippen molar-refractivity contribution >= 4 is 11.7 Å². The number of aryl methyl sites for hydroxylation is 1. The predicted molar refractivity (Wildman–Crippen MR) is 70.9 cm³/mol. The van der Waals surface area contributed by atoms with Gasteiger partial charge in [-0.05, 0) is 31.9 Å². The molecule has 0 saturated heterocycles. The molecule has 0 fully saturated rings. The summed E-state index contributed by atoms with van der Waals surface area (Å²) in [5, 5.41) is 11.0. The van der Waals surface area contributed by atoms with Crippen LogP contribution in [0.2, 0.25) is 0 Å². The van der Waals surface area contributed by atoms with Crippen LogP contribution >= 0.6 is 0 Å². The fourth-order valence-electron chi connectivity index (χ4n) is 2.45. The number of hydrogen-bond acceptors (Lipinski definition) is 4. The van der Waals surface area contributed by atoms with E-state index in [1.807, 2.05) is 31.2 Å². The highest BCUT2D eigenvalue weighted by atomic mass is 16.7. The molecule has 1 N–H and O–H groups in total. The van der Waals surface area contributed by atoms with E-state index in [9.17, 15) is 9.90 Å². The zero-order valence-corrected chi connectivity index (χ0v) is 11.3. The standard InChI is InChI=1S/C14H19NO4/c1-3-18-14(13(16)17)10-9-11-7-5-6-8-12(11)15(14)19-4-2/h5-8H,3-4,9-10H2,1-2H3,(H,16,17). The lowest BCUT2D eigenvalue weighted by Gasteiger charge is -2.43. The summed E-state index contributed by atoms with van der Waals surface area (Å²) in [5.74, 6) is -1.02. The number of aliphatic carboxylic acids is 1. The maximum absolute atomic E-state index is 11.7. The van der Waals surface area contributed by atoms with Crippen LogP contribution in [0.25, 0.3) is 0 Å². The van der Waals surface area contributed by atoms with Crippen LogP contribution < -0.4 is 5.06 Å². The smallest absolute Gasteiger partial charge is 0.359 e. The number of rotatable bonds is 5. The number of carbonyl (C=O) groups is 1. The van der Waals surface area contributed by atoms with Crippen LogP contribution in [0.3, 0.4) is 0 Å². The maximum Gasteiger partial charge on any atom is 0.359 e. The molecule has 19 heavy (non-hydrogen) atoms. The first-order valence-electron chi connectivity index (χ1n) is 6.54. The van der Waals surface area contributed by atoms with Crippen molar-refractivity contribution in [2.24, 2.45) is 0 Å². The van der Waals surface area contributed by atoms with E-state index in [1.165, 1.54) is 5.06 Å². The van der Waals surface area contributed by atoms with Gasteiger partial charge in [-0.25, -0.2) is 9.86 Å². The molecule has 2 rings (SSSR count). The number of hydroxylamine groups is 1. The number of carboxylic acids is 1. The van der Waals surface area contributed by atoms with Crippen LogP contribution in [0.4, 0.5) is 5.69 Å². The molecule has 0 spiro atoms. The molecule has 0 aromatic heterocycles. The van der Waals surface area contributed by atoms with Gasteiger partial charge in [0.15, 0.2) is 0 Å². The Labute approximate surface area is 112 Å². The Bertz CT molecular complexity index is 463. The van der Waals surface area contributed by atoms with Crippen molar-refractivity contribution in [2.45, 2.75) is 32.4 Å². The monoisotopic (exact) mass is 265 g/mol. The summed E-state index contributed by atoms with van der Waals surface area (Å²) in [7, 11) is 0. The normalized spacial score (nSPS) is 22.1. The van der Waals surface area contributed by atoms with Crippen LogP contribution in [0.5, 0.6) is 0 Å². The third kappa shape index (κ3) is 2.31. The predicted octanol–water partition coefficient (Wildman–Crippen LogP) is 2.21. The molecule has 0 bridgehead atoms. The van der Waals surface area contributed by atoms with E-state index in [1.54, 1.807) is 6.92 Å². The average Bonchev–Trinajstić information content (AvgIpc) is 2.41. The lowest BCUT2D eigenvalue weighted by atomic mass is 9.94. The molecule has 1 atom stereocenters. The average molecular weight is 265 g/mol. The molecule has 5 heteroatoms. The third-order valence-electron chi connectivity index (χ3n) is 3.25. The Kier molecular flexibility index (Phi) is 4.07. The van der Waals surface area contributed by atoms with E-state index in [0.717, 1.165) is 11.3 Å². The lowest BCUT2D eigenvalue weighted by molar-refractivity contribution is -0.181. The summed E-state index contributed by atoms with van der Waals surface area (Å²) in [5.41, 5.74) is 0.415. The molecule has 0 radical (unpaired) electrons. The van der Waals surface area contributed by atoms with Crippen molar-refractivity contribution in [3.8, 4) is 0 Å². The second-order valence-corrected chi connectivity index (χ2v) is 4.36. The van der Waals surface area contributed by atoms with Crippen LogP contribution in [0, 0.1) is 0 Å². The van der Waals surface area contributed by atoms with Crippen molar-refractivity contribution in [3.63, 3.8) is 0 Å². The number of carboxylic acid groups (broad SMARTS) is 1. The Hall–Kier alpha value is -1.59. The van der Waals surface area contributed by atoms with Crippen LogP contribution in [0.15, 0.2) is 24.3 Å². The van der Waals surface area contributed by atoms with Gasteiger partial charge in [-0.15, -0.1) is 0 Å². The number of benzene rings is 1. The number of para-hydroxylation sites is 1. The van der Waals surface area contributed by atoms with E-state index < -0.39 is 11.7 Å². The molecule has 1 heterocycles. The third-order valence-corrected chi connectivity index (χ3v) is 3.25. The van der Waals surface area contributed by atoms with Gasteiger partial charge >= 0.3 is 5.97 Å². The minimum absolute atomic E-state index is 0.318. The number of fused-ring (bicyclic) bond motifs is 1. The Morgan fingerprint density at radius 1 is 1.37 bits per heavy atom. The zero-order chi connectivity index (χ0) is 13.9. The molecule has 1 aromatic rings. The van der Waals surface area contributed by atoms with Crippen molar-refractivity contribution in [2.75, 3.05) is 18.3 Å². The van der Waals surface area contributed by atoms with E-state index in [0.29, 0.717) is 26.1 Å². The summed E-state index contributed by atoms with van der Waals surface area (Å²) >= 11 is 0. The fourth-order valence-corrected chi connectivity index (χ4v) is 2.45. The highest BCUT2D eigenvalue weighted by molar-refractivity contribution is 5.82. The molecule has 1 aromatic carbocycles. The second-order valence-electron chi connectivity index (χ2n) is 4.36. The van der Waals surface area contributed by atoms with Crippen molar-refractivity contribution in [1.29, 1.82) is 0 Å². The molecule has 0 saturated carbocycles. The van der Waals surface area contributed by atoms with Gasteiger partial charge in [-0.1, -0.05) is 18.2 Å². The summed E-state index contributed by atoms with van der Waals surface area (Å²) in [6.07, 6.45) is 1.03. The second kappa shape index (κ2) is 5.59. The topological polar surface area (TPSA) is 59.0 Å². The largest absolute Gasteiger partial charge is 0.478 e. The fraction of sp³-hybridized carbons (Fsp3) is 0.500. The van der Waals surface area contributed by atoms with Gasteiger partial charge in [-0.3, -0.25) is 4.84 Å². The molecule has 1 aliphatic rings. The lowest BCUT2D eigenvalue weighted by Crippen LogP contribution is -2.59. The van der Waals surface area contributed by atoms with E-state index in [-0.39, 0.29) is 0 Å². The molecular formula is C14H19NO4. The minimum Gasteiger partial charge on any atom is -0.478 e. The van der Waals surface area contributed by atoms with Gasteiger partial charge in [-0.2, -0.15) is 0 Å². The summed E-state index contributed by atoms with van der Waals surface area (Å²) in [6.45, 7) is 4.32. The highest BCUT2D eigenvalue weighted by Gasteiger charge is 2.49. The van der Waals surface area contributed by atoms with Crippen LogP contribution in [-0.4, -0.2) is 30.0 Å². The van der Waals surface area contributed by atoms with E-state index in [2.05, 4.69) is 0 Å². The first-order chi connectivity index (χ1) is 9.15. The highest BCUT2D eigenvalue weighted by Crippen LogP contribution is 2.38. The van der Waals surface area contributed by atoms with Crippen molar-refractivity contribution < 1.29 is 19.5 Å². The van der Waals surface area contributed by atoms with Gasteiger partial charge in [0.1, 0.15) is 0 Å². The molecule has 1 aliphatic heterocycles. The first-order valence-corrected chi connectivity index (χ1v) is 6.54. The van der Waals surface area contributed by atoms with Crippen LogP contribution in [-0.2, 0) is 20.8 Å². The minimum atomic E-state index is -1.43. The number of hydrogen-bond donors (Lipinski definition) is 1. The molecular weight excluding hydrogens is 246 g/mol. The van der Waals surface area contributed by atoms with Gasteiger partial charge in [0.25, 0.3) is 5.72 Å². The summed E-state index contributed by atoms with van der Waals surface area (Å²) < 4.78 is 5.56. The Morgan fingerprint density at radius 3 is 2.74 bits per heavy atom. The van der Waals surface area contributed by atoms with Gasteiger partial charge in [0.05, 0.1) is 12.3 Å². The molecule has 0 amide bonds. The molecule has 1 unspecified atom stereocenters. The number of anilines is 1. The number of nitrogens with zero attached hydrogens (tertiary/aromatic N) is 1. The van der Waals surface area contributed by atoms with Crippen LogP contribution in [0.1, 0.15) is 25.8 Å². The number of ether oxygens (including phenoxy) is 1. The van der Waals surface area contributed by atoms with E-state index in [4.69, 9.17) is 9.57 Å². The zero-order valence-electron chi connectivity index (χ0n) is 11.3. The Morgan fingerprint density at radius 2 is 2.11 bits per heavy atom. The van der Waals surface area contributed by atoms with Gasteiger partial charge in [0, 0.05) is 13.0 Å². The maximum atomic E-state index is 11.7. The van der Waals surface area contributed by atoms with Crippen molar-refractivity contribution in [3.05, 3.63) is 29.8 Å². The quantitative estimate of drug-likeness (QED) is 0.884. The Balaban J connectivity index is 2.48. The van der Waals surface area contributed by atoms with Gasteiger partial charge < -0.3 is 9.84 Å². The molecule has 5 nitrogen and oxygen atoms in total. The molecule has 0 aliphatic carbocycles. The first kappa shape index (κ1) is 13.8. The molecule has 104 valence electrons. The van der Waals surface area contributed by atoms with Gasteiger partial charge in [0.2, 0.25) is 0 Å². The van der Waals surface area contributed by atoms with E-state index >= 15 is 0 Å². The SMILES string of the molecule is CCON1c2ccccc2CCC1(OCC)C(=O)O. The summed E-state index contributed by atoms with van der Waals surface area (Å²) in [6, 6.07) is 7.66. The van der Waals surface area contributed by atoms with Crippen molar-refractivity contribution in [1.82, 2.24) is 0 Å².